The molecule has 2 rings (SSSR count). The van der Waals surface area contributed by atoms with Gasteiger partial charge in [0.2, 0.25) is 0 Å². The Hall–Kier alpha value is -0.520. The number of halogens is 2. The van der Waals surface area contributed by atoms with Gasteiger partial charge in [-0.15, -0.1) is 12.4 Å². The monoisotopic (exact) mass is 334 g/mol. The summed E-state index contributed by atoms with van der Waals surface area (Å²) >= 11 is 5.97. The number of hydrogen-bond donors (Lipinski definition) is 1. The van der Waals surface area contributed by atoms with E-state index in [1.165, 1.54) is 0 Å². The van der Waals surface area contributed by atoms with E-state index in [4.69, 9.17) is 16.3 Å². The van der Waals surface area contributed by atoms with E-state index in [2.05, 4.69) is 16.8 Å². The third kappa shape index (κ3) is 6.01. The second-order valence-electron chi connectivity index (χ2n) is 5.48. The van der Waals surface area contributed by atoms with Crippen LogP contribution in [0.15, 0.2) is 18.2 Å². The number of aliphatic hydroxyl groups is 1. The SMILES string of the molecule is Cc1cc(OCC(O)CN2CCN(C)CC2)ccc1Cl.Cl. The van der Waals surface area contributed by atoms with Crippen molar-refractivity contribution in [3.8, 4) is 5.75 Å². The van der Waals surface area contributed by atoms with Gasteiger partial charge in [0.25, 0.3) is 0 Å². The first-order chi connectivity index (χ1) is 9.54. The number of ether oxygens (including phenoxy) is 1. The molecule has 21 heavy (non-hydrogen) atoms. The van der Waals surface area contributed by atoms with Crippen LogP contribution >= 0.6 is 24.0 Å². The van der Waals surface area contributed by atoms with E-state index in [9.17, 15) is 5.11 Å². The summed E-state index contributed by atoms with van der Waals surface area (Å²) < 4.78 is 5.62. The number of aryl methyl sites for hydroxylation is 1. The highest BCUT2D eigenvalue weighted by Gasteiger charge is 2.17. The number of nitrogens with zero attached hydrogens (tertiary/aromatic N) is 2. The van der Waals surface area contributed by atoms with Crippen molar-refractivity contribution in [2.24, 2.45) is 0 Å². The van der Waals surface area contributed by atoms with Crippen molar-refractivity contribution < 1.29 is 9.84 Å². The minimum atomic E-state index is -0.464. The van der Waals surface area contributed by atoms with Gasteiger partial charge in [-0.25, -0.2) is 0 Å². The zero-order valence-electron chi connectivity index (χ0n) is 12.6. The Labute approximate surface area is 138 Å². The van der Waals surface area contributed by atoms with E-state index >= 15 is 0 Å². The molecular weight excluding hydrogens is 311 g/mol. The standard InChI is InChI=1S/C15H23ClN2O2.ClH/c1-12-9-14(3-4-15(12)16)20-11-13(19)10-18-7-5-17(2)6-8-18;/h3-4,9,13,19H,5-8,10-11H2,1-2H3;1H. The van der Waals surface area contributed by atoms with E-state index in [0.29, 0.717) is 13.2 Å². The van der Waals surface area contributed by atoms with Gasteiger partial charge in [0, 0.05) is 37.7 Å². The van der Waals surface area contributed by atoms with Gasteiger partial charge < -0.3 is 14.7 Å². The van der Waals surface area contributed by atoms with Gasteiger partial charge in [0.15, 0.2) is 0 Å². The molecule has 1 aliphatic rings. The van der Waals surface area contributed by atoms with Crippen LogP contribution in [0.4, 0.5) is 0 Å². The van der Waals surface area contributed by atoms with Crippen LogP contribution in [0.1, 0.15) is 5.56 Å². The molecule has 1 heterocycles. The molecule has 4 nitrogen and oxygen atoms in total. The van der Waals surface area contributed by atoms with E-state index in [1.807, 2.05) is 25.1 Å². The lowest BCUT2D eigenvalue weighted by Crippen LogP contribution is -2.47. The maximum absolute atomic E-state index is 10.0. The van der Waals surface area contributed by atoms with E-state index in [1.54, 1.807) is 0 Å². The highest BCUT2D eigenvalue weighted by molar-refractivity contribution is 6.31. The average Bonchev–Trinajstić information content (AvgIpc) is 2.43. The summed E-state index contributed by atoms with van der Waals surface area (Å²) in [6.07, 6.45) is -0.464. The molecule has 0 aromatic heterocycles. The highest BCUT2D eigenvalue weighted by atomic mass is 35.5. The number of likely N-dealkylation sites (N-methyl/N-ethyl adjacent to an activating group) is 1. The number of β-amino-alcohol motifs (C(OH)–C–C–N with tert-alkyl or cyclic N) is 1. The van der Waals surface area contributed by atoms with Gasteiger partial charge in [-0.3, -0.25) is 4.90 Å². The topological polar surface area (TPSA) is 35.9 Å². The molecule has 0 radical (unpaired) electrons. The van der Waals surface area contributed by atoms with Crippen LogP contribution in [0.3, 0.4) is 0 Å². The van der Waals surface area contributed by atoms with Crippen LogP contribution in [0, 0.1) is 6.92 Å². The molecule has 1 aromatic rings. The first-order valence-corrected chi connectivity index (χ1v) is 7.40. The third-order valence-corrected chi connectivity index (χ3v) is 4.06. The average molecular weight is 335 g/mol. The van der Waals surface area contributed by atoms with Gasteiger partial charge in [-0.2, -0.15) is 0 Å². The van der Waals surface area contributed by atoms with Crippen molar-refractivity contribution >= 4 is 24.0 Å². The Kier molecular flexibility index (Phi) is 7.77. The molecule has 0 saturated carbocycles. The van der Waals surface area contributed by atoms with Gasteiger partial charge >= 0.3 is 0 Å². The summed E-state index contributed by atoms with van der Waals surface area (Å²) in [7, 11) is 2.12. The first-order valence-electron chi connectivity index (χ1n) is 7.02. The van der Waals surface area contributed by atoms with E-state index < -0.39 is 6.10 Å². The van der Waals surface area contributed by atoms with E-state index in [-0.39, 0.29) is 12.4 Å². The first kappa shape index (κ1) is 18.5. The predicted octanol–water partition coefficient (Wildman–Crippen LogP) is 2.06. The summed E-state index contributed by atoms with van der Waals surface area (Å²) in [5.41, 5.74) is 0.984. The fourth-order valence-electron chi connectivity index (χ4n) is 2.28. The van der Waals surface area contributed by atoms with Crippen LogP contribution in [0.25, 0.3) is 0 Å². The number of piperazine rings is 1. The smallest absolute Gasteiger partial charge is 0.119 e. The molecule has 1 fully saturated rings. The molecule has 1 saturated heterocycles. The summed E-state index contributed by atoms with van der Waals surface area (Å²) in [6, 6.07) is 5.54. The summed E-state index contributed by atoms with van der Waals surface area (Å²) in [6.45, 7) is 7.05. The van der Waals surface area contributed by atoms with Crippen molar-refractivity contribution in [2.45, 2.75) is 13.0 Å². The van der Waals surface area contributed by atoms with Crippen LogP contribution in [0.5, 0.6) is 5.75 Å². The number of rotatable bonds is 5. The maximum atomic E-state index is 10.0. The normalized spacial score (nSPS) is 18.1. The lowest BCUT2D eigenvalue weighted by molar-refractivity contribution is 0.0504. The van der Waals surface area contributed by atoms with Crippen LogP contribution in [-0.2, 0) is 0 Å². The Balaban J connectivity index is 0.00000220. The molecule has 1 atom stereocenters. The minimum Gasteiger partial charge on any atom is -0.491 e. The molecule has 6 heteroatoms. The summed E-state index contributed by atoms with van der Waals surface area (Å²) in [5.74, 6) is 0.754. The van der Waals surface area contributed by atoms with Crippen molar-refractivity contribution in [3.05, 3.63) is 28.8 Å². The maximum Gasteiger partial charge on any atom is 0.119 e. The molecule has 120 valence electrons. The van der Waals surface area contributed by atoms with Crippen LogP contribution in [0.2, 0.25) is 5.02 Å². The zero-order chi connectivity index (χ0) is 14.5. The molecule has 1 unspecified atom stereocenters. The van der Waals surface area contributed by atoms with Gasteiger partial charge in [-0.05, 0) is 37.7 Å². The number of benzene rings is 1. The van der Waals surface area contributed by atoms with Gasteiger partial charge in [0.05, 0.1) is 0 Å². The summed E-state index contributed by atoms with van der Waals surface area (Å²) in [5, 5.41) is 10.8. The van der Waals surface area contributed by atoms with Crippen molar-refractivity contribution in [1.29, 1.82) is 0 Å². The number of aliphatic hydroxyl groups excluding tert-OH is 1. The molecule has 0 amide bonds. The van der Waals surface area contributed by atoms with Crippen molar-refractivity contribution in [2.75, 3.05) is 46.4 Å². The van der Waals surface area contributed by atoms with Crippen LogP contribution in [-0.4, -0.2) is 67.4 Å². The highest BCUT2D eigenvalue weighted by Crippen LogP contribution is 2.21. The number of hydrogen-bond acceptors (Lipinski definition) is 4. The minimum absolute atomic E-state index is 0. The Morgan fingerprint density at radius 3 is 2.57 bits per heavy atom. The largest absolute Gasteiger partial charge is 0.491 e. The molecule has 0 aliphatic carbocycles. The Morgan fingerprint density at radius 1 is 1.29 bits per heavy atom. The molecular formula is C15H24Cl2N2O2. The van der Waals surface area contributed by atoms with Gasteiger partial charge in [0.1, 0.15) is 18.5 Å². The van der Waals surface area contributed by atoms with Crippen LogP contribution < -0.4 is 4.74 Å². The molecule has 1 aromatic carbocycles. The lowest BCUT2D eigenvalue weighted by Gasteiger charge is -2.33. The molecule has 1 aliphatic heterocycles. The van der Waals surface area contributed by atoms with E-state index in [0.717, 1.165) is 42.5 Å². The lowest BCUT2D eigenvalue weighted by atomic mass is 10.2. The Morgan fingerprint density at radius 2 is 1.95 bits per heavy atom. The second-order valence-corrected chi connectivity index (χ2v) is 5.89. The Bertz CT molecular complexity index is 438. The predicted molar refractivity (Wildman–Crippen MR) is 88.9 cm³/mol. The third-order valence-electron chi connectivity index (χ3n) is 3.64. The quantitative estimate of drug-likeness (QED) is 0.894. The fraction of sp³-hybridized carbons (Fsp3) is 0.600. The second kappa shape index (κ2) is 8.81. The summed E-state index contributed by atoms with van der Waals surface area (Å²) in [4.78, 5) is 4.58. The van der Waals surface area contributed by atoms with Crippen molar-refractivity contribution in [3.63, 3.8) is 0 Å². The molecule has 0 bridgehead atoms. The zero-order valence-corrected chi connectivity index (χ0v) is 14.2. The molecule has 0 spiro atoms. The van der Waals surface area contributed by atoms with Crippen molar-refractivity contribution in [1.82, 2.24) is 9.80 Å². The van der Waals surface area contributed by atoms with Gasteiger partial charge in [-0.1, -0.05) is 11.6 Å². The fourth-order valence-corrected chi connectivity index (χ4v) is 2.40. The molecule has 1 N–H and O–H groups in total.